The van der Waals surface area contributed by atoms with Gasteiger partial charge in [-0.2, -0.15) is 4.57 Å². The third kappa shape index (κ3) is 2.97. The molecule has 124 valence electrons. The highest BCUT2D eigenvalue weighted by Gasteiger charge is 2.26. The lowest BCUT2D eigenvalue weighted by atomic mass is 10.3. The van der Waals surface area contributed by atoms with E-state index in [4.69, 9.17) is 0 Å². The molecule has 0 bridgehead atoms. The first-order valence-corrected chi connectivity index (χ1v) is 9.62. The average Bonchev–Trinajstić information content (AvgIpc) is 3.11. The van der Waals surface area contributed by atoms with E-state index < -0.39 is 0 Å². The van der Waals surface area contributed by atoms with E-state index in [1.165, 1.54) is 30.8 Å². The van der Waals surface area contributed by atoms with Crippen molar-refractivity contribution in [3.05, 3.63) is 58.6 Å². The number of halogens is 1. The molecule has 0 atom stereocenters. The fraction of sp³-hybridized carbons (Fsp3) is 0.211. The third-order valence-electron chi connectivity index (χ3n) is 4.15. The standard InChI is InChI=1S/C19H19N2S2.HI/c1-3-20-14-9-5-7-11-16(14)22-18(20)13-19-21(4-2)15-10-6-8-12-17(15)23-19;/h5-13H,3-4H2,1-2H3;1H/q+1;/p-1. The summed E-state index contributed by atoms with van der Waals surface area (Å²) < 4.78 is 3.76. The van der Waals surface area contributed by atoms with E-state index in [9.17, 15) is 0 Å². The molecule has 0 saturated heterocycles. The quantitative estimate of drug-likeness (QED) is 0.432. The van der Waals surface area contributed by atoms with E-state index in [1.807, 2.05) is 23.1 Å². The van der Waals surface area contributed by atoms with Crippen LogP contribution in [0, 0.1) is 0 Å². The molecule has 2 nitrogen and oxygen atoms in total. The summed E-state index contributed by atoms with van der Waals surface area (Å²) in [7, 11) is 0. The first-order valence-electron chi connectivity index (χ1n) is 7.99. The smallest absolute Gasteiger partial charge is 0.265 e. The zero-order valence-corrected chi connectivity index (χ0v) is 17.5. The molecule has 1 aliphatic rings. The summed E-state index contributed by atoms with van der Waals surface area (Å²) in [5.41, 5.74) is 2.66. The number of hydrogen-bond donors (Lipinski definition) is 0. The highest BCUT2D eigenvalue weighted by molar-refractivity contribution is 8.03. The SMILES string of the molecule is CCN1/C(=C\c2sc3ccccc3[n+]2CC)Sc2ccccc21.[I-]. The topological polar surface area (TPSA) is 7.12 Å². The summed E-state index contributed by atoms with van der Waals surface area (Å²) in [6.45, 7) is 6.42. The minimum atomic E-state index is 0. The number of thiazole rings is 1. The van der Waals surface area contributed by atoms with E-state index in [2.05, 4.69) is 77.9 Å². The van der Waals surface area contributed by atoms with Gasteiger partial charge in [-0.3, -0.25) is 0 Å². The summed E-state index contributed by atoms with van der Waals surface area (Å²) in [6, 6.07) is 17.3. The predicted molar refractivity (Wildman–Crippen MR) is 101 cm³/mol. The Balaban J connectivity index is 0.00000169. The maximum Gasteiger partial charge on any atom is 0.265 e. The van der Waals surface area contributed by atoms with Crippen LogP contribution in [0.15, 0.2) is 58.5 Å². The zero-order chi connectivity index (χ0) is 15.8. The molecule has 1 aromatic heterocycles. The fourth-order valence-electron chi connectivity index (χ4n) is 3.08. The van der Waals surface area contributed by atoms with Gasteiger partial charge in [0.1, 0.15) is 11.2 Å². The van der Waals surface area contributed by atoms with E-state index in [-0.39, 0.29) is 24.0 Å². The second-order valence-corrected chi connectivity index (χ2v) is 7.57. The highest BCUT2D eigenvalue weighted by atomic mass is 127. The minimum absolute atomic E-state index is 0. The maximum absolute atomic E-state index is 2.41. The van der Waals surface area contributed by atoms with Crippen molar-refractivity contribution < 1.29 is 28.5 Å². The molecule has 3 aromatic rings. The molecule has 0 unspecified atom stereocenters. The number of fused-ring (bicyclic) bond motifs is 2. The maximum atomic E-state index is 2.41. The van der Waals surface area contributed by atoms with Gasteiger partial charge >= 0.3 is 0 Å². The first-order chi connectivity index (χ1) is 11.3. The van der Waals surface area contributed by atoms with Gasteiger partial charge in [-0.15, -0.1) is 0 Å². The lowest BCUT2D eigenvalue weighted by molar-refractivity contribution is -0.665. The number of hydrogen-bond acceptors (Lipinski definition) is 3. The summed E-state index contributed by atoms with van der Waals surface area (Å²) in [5, 5.41) is 2.64. The van der Waals surface area contributed by atoms with Crippen molar-refractivity contribution in [1.82, 2.24) is 0 Å². The zero-order valence-electron chi connectivity index (χ0n) is 13.7. The Bertz CT molecular complexity index is 901. The van der Waals surface area contributed by atoms with Crippen LogP contribution in [0.2, 0.25) is 0 Å². The number of aromatic nitrogens is 1. The van der Waals surface area contributed by atoms with Crippen LogP contribution in [0.4, 0.5) is 5.69 Å². The van der Waals surface area contributed by atoms with Crippen molar-refractivity contribution in [3.63, 3.8) is 0 Å². The van der Waals surface area contributed by atoms with Crippen molar-refractivity contribution in [3.8, 4) is 0 Å². The monoisotopic (exact) mass is 466 g/mol. The lowest BCUT2D eigenvalue weighted by Crippen LogP contribution is -3.00. The molecule has 5 heteroatoms. The van der Waals surface area contributed by atoms with E-state index >= 15 is 0 Å². The van der Waals surface area contributed by atoms with Gasteiger partial charge < -0.3 is 28.9 Å². The number of para-hydroxylation sites is 2. The molecule has 0 saturated carbocycles. The van der Waals surface area contributed by atoms with Gasteiger partial charge in [-0.25, -0.2) is 0 Å². The van der Waals surface area contributed by atoms with Gasteiger partial charge in [-0.05, 0) is 32.0 Å². The van der Waals surface area contributed by atoms with Crippen LogP contribution >= 0.6 is 23.1 Å². The van der Waals surface area contributed by atoms with Crippen LogP contribution in [-0.4, -0.2) is 6.54 Å². The molecule has 24 heavy (non-hydrogen) atoms. The number of rotatable bonds is 3. The van der Waals surface area contributed by atoms with Crippen LogP contribution < -0.4 is 33.4 Å². The van der Waals surface area contributed by atoms with Crippen LogP contribution in [0.3, 0.4) is 0 Å². The van der Waals surface area contributed by atoms with E-state index in [1.54, 1.807) is 0 Å². The van der Waals surface area contributed by atoms with Crippen LogP contribution in [0.1, 0.15) is 18.9 Å². The normalized spacial score (nSPS) is 14.9. The molecule has 0 amide bonds. The van der Waals surface area contributed by atoms with Gasteiger partial charge in [0.05, 0.1) is 16.8 Å². The van der Waals surface area contributed by atoms with Gasteiger partial charge in [0, 0.05) is 17.5 Å². The van der Waals surface area contributed by atoms with Gasteiger partial charge in [0.15, 0.2) is 0 Å². The number of nitrogens with zero attached hydrogens (tertiary/aromatic N) is 2. The molecular formula is C19H19IN2S2. The Hall–Kier alpha value is -1.05. The van der Waals surface area contributed by atoms with Gasteiger partial charge in [0.25, 0.3) is 5.01 Å². The largest absolute Gasteiger partial charge is 1.00 e. The molecule has 0 aliphatic carbocycles. The Morgan fingerprint density at radius 2 is 1.79 bits per heavy atom. The molecule has 0 spiro atoms. The van der Waals surface area contributed by atoms with Crippen molar-refractivity contribution in [2.75, 3.05) is 11.4 Å². The highest BCUT2D eigenvalue weighted by Crippen LogP contribution is 2.46. The second-order valence-electron chi connectivity index (χ2n) is 5.45. The molecular weight excluding hydrogens is 447 g/mol. The third-order valence-corrected chi connectivity index (χ3v) is 6.38. The Morgan fingerprint density at radius 3 is 2.58 bits per heavy atom. The molecule has 1 aliphatic heterocycles. The molecule has 2 heterocycles. The molecule has 2 aromatic carbocycles. The average molecular weight is 466 g/mol. The molecule has 4 rings (SSSR count). The number of thioether (sulfide) groups is 1. The van der Waals surface area contributed by atoms with Crippen LogP contribution in [0.25, 0.3) is 16.3 Å². The fourth-order valence-corrected chi connectivity index (χ4v) is 5.48. The summed E-state index contributed by atoms with van der Waals surface area (Å²) >= 11 is 3.75. The molecule has 0 fully saturated rings. The Labute approximate surface area is 168 Å². The van der Waals surface area contributed by atoms with E-state index in [0.29, 0.717) is 0 Å². The molecule has 0 N–H and O–H groups in total. The second kappa shape index (κ2) is 7.45. The predicted octanol–water partition coefficient (Wildman–Crippen LogP) is 2.14. The summed E-state index contributed by atoms with van der Waals surface area (Å²) in [6.07, 6.45) is 2.35. The van der Waals surface area contributed by atoms with Crippen LogP contribution in [-0.2, 0) is 6.54 Å². The number of aryl methyl sites for hydroxylation is 1. The number of anilines is 1. The van der Waals surface area contributed by atoms with Gasteiger partial charge in [-0.1, -0.05) is 47.4 Å². The van der Waals surface area contributed by atoms with Crippen LogP contribution in [0.5, 0.6) is 0 Å². The lowest BCUT2D eigenvalue weighted by Gasteiger charge is -2.17. The van der Waals surface area contributed by atoms with Crippen molar-refractivity contribution in [2.45, 2.75) is 25.3 Å². The summed E-state index contributed by atoms with van der Waals surface area (Å²) in [4.78, 5) is 3.76. The molecule has 0 radical (unpaired) electrons. The minimum Gasteiger partial charge on any atom is -1.00 e. The van der Waals surface area contributed by atoms with Crippen molar-refractivity contribution in [2.24, 2.45) is 0 Å². The van der Waals surface area contributed by atoms with Crippen molar-refractivity contribution >= 4 is 45.1 Å². The van der Waals surface area contributed by atoms with Gasteiger partial charge in [0.2, 0.25) is 5.52 Å². The Kier molecular flexibility index (Phi) is 5.52. The summed E-state index contributed by atoms with van der Waals surface area (Å²) in [5.74, 6) is 0. The van der Waals surface area contributed by atoms with Crippen molar-refractivity contribution in [1.29, 1.82) is 0 Å². The van der Waals surface area contributed by atoms with E-state index in [0.717, 1.165) is 13.1 Å². The number of benzene rings is 2. The Morgan fingerprint density at radius 1 is 1.04 bits per heavy atom. The first kappa shape index (κ1) is 17.8.